The van der Waals surface area contributed by atoms with Gasteiger partial charge in [-0.1, -0.05) is 38.2 Å². The summed E-state index contributed by atoms with van der Waals surface area (Å²) in [5.74, 6) is 2.47. The molecule has 0 fully saturated rings. The van der Waals surface area contributed by atoms with Crippen molar-refractivity contribution < 1.29 is 4.39 Å². The van der Waals surface area contributed by atoms with Gasteiger partial charge in [0.1, 0.15) is 8.07 Å². The number of hydrogen-bond donors (Lipinski definition) is 0. The number of halogens is 1. The second-order valence-corrected chi connectivity index (χ2v) is 8.66. The van der Waals surface area contributed by atoms with Gasteiger partial charge in [0.25, 0.3) is 0 Å². The minimum atomic E-state index is -1.38. The maximum Gasteiger partial charge on any atom is 0.185 e. The van der Waals surface area contributed by atoms with E-state index < -0.39 is 14.0 Å². The fraction of sp³-hybridized carbons (Fsp3) is 0.364. The first-order valence-corrected chi connectivity index (χ1v) is 7.91. The van der Waals surface area contributed by atoms with Gasteiger partial charge in [0.15, 0.2) is 5.97 Å². The van der Waals surface area contributed by atoms with Gasteiger partial charge in [0.05, 0.1) is 0 Å². The Balaban J connectivity index is 4.75. The summed E-state index contributed by atoms with van der Waals surface area (Å²) < 4.78 is 12.3. The van der Waals surface area contributed by atoms with Crippen LogP contribution in [0.25, 0.3) is 0 Å². The van der Waals surface area contributed by atoms with Gasteiger partial charge in [0.2, 0.25) is 0 Å². The first-order valence-electron chi connectivity index (χ1n) is 4.41. The number of aliphatic imine (C=N–C) groups is 1. The van der Waals surface area contributed by atoms with Crippen molar-refractivity contribution in [2.24, 2.45) is 4.99 Å². The Kier molecular flexibility index (Phi) is 5.10. The van der Waals surface area contributed by atoms with Crippen LogP contribution in [0.15, 0.2) is 29.4 Å². The molecule has 0 N–H and O–H groups in total. The number of hydrogen-bond acceptors (Lipinski definition) is 1. The van der Waals surface area contributed by atoms with Crippen LogP contribution in [0.3, 0.4) is 0 Å². The molecule has 0 radical (unpaired) electrons. The Hall–Kier alpha value is -1.14. The Morgan fingerprint density at radius 3 is 2.36 bits per heavy atom. The van der Waals surface area contributed by atoms with E-state index in [1.54, 1.807) is 6.08 Å². The molecule has 0 heterocycles. The maximum atomic E-state index is 12.3. The molecule has 76 valence electrons. The molecule has 0 aromatic rings. The van der Waals surface area contributed by atoms with Crippen LogP contribution < -0.4 is 0 Å². The fourth-order valence-corrected chi connectivity index (χ4v) is 1.07. The van der Waals surface area contributed by atoms with E-state index >= 15 is 0 Å². The zero-order chi connectivity index (χ0) is 11.2. The van der Waals surface area contributed by atoms with Crippen LogP contribution in [0.2, 0.25) is 19.6 Å². The Labute approximate surface area is 86.5 Å². The Morgan fingerprint density at radius 1 is 1.43 bits per heavy atom. The van der Waals surface area contributed by atoms with E-state index in [-0.39, 0.29) is 0 Å². The zero-order valence-electron chi connectivity index (χ0n) is 9.19. The molecule has 0 aromatic heterocycles. The van der Waals surface area contributed by atoms with Crippen molar-refractivity contribution in [1.29, 1.82) is 0 Å². The lowest BCUT2D eigenvalue weighted by Crippen LogP contribution is -2.16. The van der Waals surface area contributed by atoms with Crippen LogP contribution >= 0.6 is 0 Å². The van der Waals surface area contributed by atoms with Crippen LogP contribution in [-0.2, 0) is 0 Å². The van der Waals surface area contributed by atoms with Crippen LogP contribution in [-0.4, -0.2) is 14.0 Å². The van der Waals surface area contributed by atoms with Crippen LogP contribution in [0.4, 0.5) is 4.39 Å². The zero-order valence-corrected chi connectivity index (χ0v) is 10.2. The highest BCUT2D eigenvalue weighted by Crippen LogP contribution is 2.00. The summed E-state index contributed by atoms with van der Waals surface area (Å²) in [4.78, 5) is 3.53. The minimum absolute atomic E-state index is 0.473. The van der Waals surface area contributed by atoms with Crippen LogP contribution in [0, 0.1) is 11.5 Å². The van der Waals surface area contributed by atoms with Gasteiger partial charge in [-0.25, -0.2) is 4.99 Å². The van der Waals surface area contributed by atoms with Gasteiger partial charge in [-0.3, -0.25) is 0 Å². The first-order chi connectivity index (χ1) is 6.35. The first kappa shape index (κ1) is 12.9. The summed E-state index contributed by atoms with van der Waals surface area (Å²) in [6, 6.07) is 0. The average molecular weight is 209 g/mol. The van der Waals surface area contributed by atoms with E-state index in [1.165, 1.54) is 13.1 Å². The predicted molar refractivity (Wildman–Crippen MR) is 63.6 cm³/mol. The quantitative estimate of drug-likeness (QED) is 0.286. The maximum absolute atomic E-state index is 12.3. The smallest absolute Gasteiger partial charge is 0.185 e. The van der Waals surface area contributed by atoms with Gasteiger partial charge < -0.3 is 0 Å². The molecule has 0 aliphatic carbocycles. The predicted octanol–water partition coefficient (Wildman–Crippen LogP) is 3.33. The Bertz CT molecular complexity index is 319. The van der Waals surface area contributed by atoms with Crippen molar-refractivity contribution in [2.45, 2.75) is 26.6 Å². The highest BCUT2D eigenvalue weighted by Gasteiger charge is 2.07. The molecular formula is C11H16FNSi. The van der Waals surface area contributed by atoms with Crippen molar-refractivity contribution in [2.75, 3.05) is 0 Å². The third-order valence-electron chi connectivity index (χ3n) is 1.18. The summed E-state index contributed by atoms with van der Waals surface area (Å²) in [6.45, 7) is 11.3. The van der Waals surface area contributed by atoms with E-state index in [2.05, 4.69) is 42.7 Å². The topological polar surface area (TPSA) is 12.4 Å². The molecule has 14 heavy (non-hydrogen) atoms. The Morgan fingerprint density at radius 2 is 2.00 bits per heavy atom. The average Bonchev–Trinajstić information content (AvgIpc) is 2.02. The molecule has 0 amide bonds. The third kappa shape index (κ3) is 7.50. The lowest BCUT2D eigenvalue weighted by molar-refractivity contribution is 0.798. The molecule has 0 spiro atoms. The van der Waals surface area contributed by atoms with Gasteiger partial charge in [-0.05, 0) is 0 Å². The van der Waals surface area contributed by atoms with Crippen molar-refractivity contribution in [3.05, 3.63) is 24.4 Å². The monoisotopic (exact) mass is 209 g/mol. The van der Waals surface area contributed by atoms with Crippen molar-refractivity contribution in [1.82, 2.24) is 0 Å². The van der Waals surface area contributed by atoms with Gasteiger partial charge in [0, 0.05) is 18.7 Å². The molecule has 0 aliphatic heterocycles. The highest BCUT2D eigenvalue weighted by molar-refractivity contribution is 6.83. The molecule has 0 atom stereocenters. The molecule has 0 unspecified atom stereocenters. The highest BCUT2D eigenvalue weighted by atomic mass is 28.3. The van der Waals surface area contributed by atoms with Crippen molar-refractivity contribution in [3.8, 4) is 11.5 Å². The van der Waals surface area contributed by atoms with E-state index in [1.807, 2.05) is 0 Å². The molecule has 0 bridgehead atoms. The normalized spacial score (nSPS) is 13.2. The summed E-state index contributed by atoms with van der Waals surface area (Å²) in [5, 5.41) is 0. The van der Waals surface area contributed by atoms with Crippen molar-refractivity contribution in [3.63, 3.8) is 0 Å². The number of allylic oxidation sites excluding steroid dienone is 2. The van der Waals surface area contributed by atoms with E-state index in [9.17, 15) is 4.39 Å². The van der Waals surface area contributed by atoms with Crippen LogP contribution in [0.5, 0.6) is 0 Å². The lowest BCUT2D eigenvalue weighted by Gasteiger charge is -2.03. The number of nitrogens with zero attached hydrogens (tertiary/aromatic N) is 1. The van der Waals surface area contributed by atoms with Crippen LogP contribution in [0.1, 0.15) is 6.92 Å². The second-order valence-electron chi connectivity index (χ2n) is 3.91. The minimum Gasteiger partial charge on any atom is -0.231 e. The largest absolute Gasteiger partial charge is 0.231 e. The molecule has 0 rings (SSSR count). The summed E-state index contributed by atoms with van der Waals surface area (Å²) in [7, 11) is -1.38. The standard InChI is InChI=1S/C11H16FNSi/c1-6-11(9-13-10(2)12)7-8-14(3,4)5/h6,9H,1H2,2-5H3/b11-9+,13-10?. The van der Waals surface area contributed by atoms with E-state index in [0.717, 1.165) is 0 Å². The summed E-state index contributed by atoms with van der Waals surface area (Å²) in [5.41, 5.74) is 3.81. The van der Waals surface area contributed by atoms with E-state index in [4.69, 9.17) is 0 Å². The molecule has 1 nitrogen and oxygen atoms in total. The van der Waals surface area contributed by atoms with Gasteiger partial charge in [-0.15, -0.1) is 5.54 Å². The third-order valence-corrected chi connectivity index (χ3v) is 2.06. The summed E-state index contributed by atoms with van der Waals surface area (Å²) >= 11 is 0. The SMILES string of the molecule is C=C/C(C#C[Si](C)(C)C)=C\N=C(C)F. The van der Waals surface area contributed by atoms with E-state index in [0.29, 0.717) is 5.57 Å². The van der Waals surface area contributed by atoms with Crippen molar-refractivity contribution >= 4 is 14.0 Å². The molecule has 0 aromatic carbocycles. The lowest BCUT2D eigenvalue weighted by atomic mass is 10.3. The van der Waals surface area contributed by atoms with Gasteiger partial charge >= 0.3 is 0 Å². The molecule has 0 saturated carbocycles. The number of rotatable bonds is 2. The molecule has 3 heteroatoms. The fourth-order valence-electron chi connectivity index (χ4n) is 0.554. The molecule has 0 aliphatic rings. The molecular weight excluding hydrogens is 193 g/mol. The van der Waals surface area contributed by atoms with Gasteiger partial charge in [-0.2, -0.15) is 4.39 Å². The second kappa shape index (κ2) is 5.56. The molecule has 0 saturated heterocycles. The summed E-state index contributed by atoms with van der Waals surface area (Å²) in [6.07, 6.45) is 2.98.